The van der Waals surface area contributed by atoms with Gasteiger partial charge in [-0.05, 0) is 60.0 Å². The standard InChI is InChI=1S/C32H35F3N6O3/c1-20-4-8-25(16-28(20)40-31(43)26-9-7-21(15-29(26)44-3)24(17-36)18-37-2)39-30(42)22-5-6-23(27(14-22)32(33,34)35)19-41-12-10-38-11-13-41/h4-9,14-18,36-38H,10-13,19H2,1-3H3,(H,39,42)(H,40,43)/b24-18+,36-17?. The molecule has 1 heterocycles. The number of amides is 2. The SMILES string of the molecule is CN/C=C(\C=N)c1ccc(C(=O)Nc2cc(NC(=O)c3ccc(CN4CCNCC4)c(C(F)(F)F)c3)ccc2C)c(OC)c1. The molecule has 0 spiro atoms. The minimum atomic E-state index is -4.62. The summed E-state index contributed by atoms with van der Waals surface area (Å²) in [4.78, 5) is 28.2. The first-order valence-electron chi connectivity index (χ1n) is 14.0. The summed E-state index contributed by atoms with van der Waals surface area (Å²) in [6, 6.07) is 13.4. The molecule has 9 nitrogen and oxygen atoms in total. The number of benzene rings is 3. The molecule has 1 aliphatic rings. The molecule has 2 amide bonds. The molecule has 3 aromatic carbocycles. The predicted molar refractivity (Wildman–Crippen MR) is 165 cm³/mol. The van der Waals surface area contributed by atoms with Crippen molar-refractivity contribution in [2.75, 3.05) is 51.0 Å². The molecule has 0 atom stereocenters. The van der Waals surface area contributed by atoms with E-state index >= 15 is 0 Å². The molecule has 0 aliphatic carbocycles. The van der Waals surface area contributed by atoms with Crippen LogP contribution in [-0.2, 0) is 12.7 Å². The Balaban J connectivity index is 1.52. The number of nitrogens with one attached hydrogen (secondary N) is 5. The second kappa shape index (κ2) is 14.2. The van der Waals surface area contributed by atoms with Crippen LogP contribution < -0.4 is 26.0 Å². The highest BCUT2D eigenvalue weighted by Crippen LogP contribution is 2.34. The van der Waals surface area contributed by atoms with E-state index in [0.717, 1.165) is 6.07 Å². The van der Waals surface area contributed by atoms with Crippen LogP contribution in [0.5, 0.6) is 5.75 Å². The number of rotatable bonds is 10. The zero-order valence-electron chi connectivity index (χ0n) is 24.7. The van der Waals surface area contributed by atoms with E-state index in [1.165, 1.54) is 31.5 Å². The highest BCUT2D eigenvalue weighted by atomic mass is 19.4. The Morgan fingerprint density at radius 2 is 1.73 bits per heavy atom. The first-order chi connectivity index (χ1) is 21.0. The van der Waals surface area contributed by atoms with Gasteiger partial charge < -0.3 is 31.4 Å². The molecule has 4 rings (SSSR count). The number of hydrogen-bond acceptors (Lipinski definition) is 7. The lowest BCUT2D eigenvalue weighted by atomic mass is 10.0. The van der Waals surface area contributed by atoms with Crippen molar-refractivity contribution in [3.05, 3.63) is 94.2 Å². The summed E-state index contributed by atoms with van der Waals surface area (Å²) < 4.78 is 47.3. The normalized spacial score (nSPS) is 14.1. The lowest BCUT2D eigenvalue weighted by Gasteiger charge is -2.28. The molecule has 0 radical (unpaired) electrons. The third-order valence-electron chi connectivity index (χ3n) is 7.26. The highest BCUT2D eigenvalue weighted by Gasteiger charge is 2.34. The van der Waals surface area contributed by atoms with Gasteiger partial charge in [0.1, 0.15) is 5.75 Å². The Labute approximate surface area is 254 Å². The molecule has 5 N–H and O–H groups in total. The highest BCUT2D eigenvalue weighted by molar-refractivity contribution is 6.10. The van der Waals surface area contributed by atoms with E-state index in [4.69, 9.17) is 10.1 Å². The fraction of sp³-hybridized carbons (Fsp3) is 0.281. The first kappa shape index (κ1) is 32.2. The maximum absolute atomic E-state index is 14.0. The van der Waals surface area contributed by atoms with Crippen molar-refractivity contribution < 1.29 is 27.5 Å². The van der Waals surface area contributed by atoms with Crippen LogP contribution in [-0.4, -0.2) is 63.3 Å². The average molecular weight is 609 g/mol. The number of alkyl halides is 3. The van der Waals surface area contributed by atoms with E-state index in [1.807, 2.05) is 4.90 Å². The van der Waals surface area contributed by atoms with Crippen molar-refractivity contribution in [1.82, 2.24) is 15.5 Å². The zero-order chi connectivity index (χ0) is 31.9. The minimum absolute atomic E-state index is 0.117. The molecule has 3 aromatic rings. The summed E-state index contributed by atoms with van der Waals surface area (Å²) in [6.45, 7) is 4.62. The number of piperazine rings is 1. The van der Waals surface area contributed by atoms with Crippen LogP contribution in [0.25, 0.3) is 5.57 Å². The number of nitrogens with zero attached hydrogens (tertiary/aromatic N) is 1. The van der Waals surface area contributed by atoms with Gasteiger partial charge in [0.15, 0.2) is 0 Å². The van der Waals surface area contributed by atoms with Crippen molar-refractivity contribution in [1.29, 1.82) is 5.41 Å². The van der Waals surface area contributed by atoms with Gasteiger partial charge >= 0.3 is 6.18 Å². The summed E-state index contributed by atoms with van der Waals surface area (Å²) in [5.74, 6) is -0.880. The summed E-state index contributed by atoms with van der Waals surface area (Å²) in [5.41, 5.74) is 2.06. The molecular formula is C32H35F3N6O3. The summed E-state index contributed by atoms with van der Waals surface area (Å²) >= 11 is 0. The Bertz CT molecular complexity index is 1570. The molecular weight excluding hydrogens is 573 g/mol. The number of hydrogen-bond donors (Lipinski definition) is 5. The maximum atomic E-state index is 14.0. The Hall–Kier alpha value is -4.68. The summed E-state index contributed by atoms with van der Waals surface area (Å²) in [5, 5.41) is 19.1. The summed E-state index contributed by atoms with van der Waals surface area (Å²) in [7, 11) is 3.15. The van der Waals surface area contributed by atoms with Crippen LogP contribution in [0.2, 0.25) is 0 Å². The third-order valence-corrected chi connectivity index (χ3v) is 7.26. The molecule has 12 heteroatoms. The van der Waals surface area contributed by atoms with E-state index < -0.39 is 23.6 Å². The maximum Gasteiger partial charge on any atom is 0.416 e. The van der Waals surface area contributed by atoms with Gasteiger partial charge in [-0.25, -0.2) is 0 Å². The number of anilines is 2. The largest absolute Gasteiger partial charge is 0.496 e. The molecule has 0 unspecified atom stereocenters. The van der Waals surface area contributed by atoms with Crippen molar-refractivity contribution in [2.45, 2.75) is 19.6 Å². The van der Waals surface area contributed by atoms with Crippen LogP contribution in [0.3, 0.4) is 0 Å². The lowest BCUT2D eigenvalue weighted by molar-refractivity contribution is -0.138. The molecule has 0 bridgehead atoms. The van der Waals surface area contributed by atoms with Gasteiger partial charge in [-0.15, -0.1) is 0 Å². The second-order valence-electron chi connectivity index (χ2n) is 10.3. The number of aryl methyl sites for hydroxylation is 1. The minimum Gasteiger partial charge on any atom is -0.496 e. The van der Waals surface area contributed by atoms with Crippen molar-refractivity contribution in [3.8, 4) is 5.75 Å². The van der Waals surface area contributed by atoms with Crippen LogP contribution in [0.4, 0.5) is 24.5 Å². The van der Waals surface area contributed by atoms with Gasteiger partial charge in [0.05, 0.1) is 18.2 Å². The first-order valence-corrected chi connectivity index (χ1v) is 14.0. The van der Waals surface area contributed by atoms with Crippen LogP contribution >= 0.6 is 0 Å². The number of methoxy groups -OCH3 is 1. The van der Waals surface area contributed by atoms with E-state index in [2.05, 4.69) is 21.3 Å². The van der Waals surface area contributed by atoms with Gasteiger partial charge in [0, 0.05) is 74.7 Å². The number of halogens is 3. The van der Waals surface area contributed by atoms with Crippen LogP contribution in [0, 0.1) is 12.3 Å². The number of ether oxygens (including phenoxy) is 1. The molecule has 1 aliphatic heterocycles. The molecule has 0 aromatic heterocycles. The molecule has 1 fully saturated rings. The lowest BCUT2D eigenvalue weighted by Crippen LogP contribution is -2.43. The fourth-order valence-corrected chi connectivity index (χ4v) is 4.88. The molecule has 232 valence electrons. The molecule has 1 saturated heterocycles. The van der Waals surface area contributed by atoms with Gasteiger partial charge in [-0.3, -0.25) is 14.5 Å². The smallest absolute Gasteiger partial charge is 0.416 e. The molecule has 44 heavy (non-hydrogen) atoms. The van der Waals surface area contributed by atoms with E-state index in [9.17, 15) is 22.8 Å². The fourth-order valence-electron chi connectivity index (χ4n) is 4.88. The number of allylic oxidation sites excluding steroid dienone is 1. The number of carbonyl (C=O) groups is 2. The van der Waals surface area contributed by atoms with Gasteiger partial charge in [-0.1, -0.05) is 18.2 Å². The monoisotopic (exact) mass is 608 g/mol. The van der Waals surface area contributed by atoms with Gasteiger partial charge in [0.25, 0.3) is 11.8 Å². The van der Waals surface area contributed by atoms with E-state index in [1.54, 1.807) is 50.5 Å². The van der Waals surface area contributed by atoms with Gasteiger partial charge in [-0.2, -0.15) is 13.2 Å². The van der Waals surface area contributed by atoms with Gasteiger partial charge in [0.2, 0.25) is 0 Å². The van der Waals surface area contributed by atoms with Crippen molar-refractivity contribution >= 4 is 35.0 Å². The Morgan fingerprint density at radius 3 is 2.39 bits per heavy atom. The van der Waals surface area contributed by atoms with Crippen molar-refractivity contribution in [2.24, 2.45) is 0 Å². The predicted octanol–water partition coefficient (Wildman–Crippen LogP) is 5.14. The van der Waals surface area contributed by atoms with Crippen LogP contribution in [0.1, 0.15) is 43.0 Å². The average Bonchev–Trinajstić information content (AvgIpc) is 3.01. The van der Waals surface area contributed by atoms with Crippen molar-refractivity contribution in [3.63, 3.8) is 0 Å². The third kappa shape index (κ3) is 7.82. The second-order valence-corrected chi connectivity index (χ2v) is 10.3. The Morgan fingerprint density at radius 1 is 1.00 bits per heavy atom. The van der Waals surface area contributed by atoms with E-state index in [0.29, 0.717) is 60.0 Å². The summed E-state index contributed by atoms with van der Waals surface area (Å²) in [6.07, 6.45) is -1.79. The van der Waals surface area contributed by atoms with Crippen LogP contribution in [0.15, 0.2) is 60.8 Å². The zero-order valence-corrected chi connectivity index (χ0v) is 24.7. The molecule has 0 saturated carbocycles. The van der Waals surface area contributed by atoms with E-state index in [-0.39, 0.29) is 23.2 Å². The number of carbonyl (C=O) groups excluding carboxylic acids is 2. The quantitative estimate of drug-likeness (QED) is 0.204. The Kier molecular flexibility index (Phi) is 10.4. The topological polar surface area (TPSA) is 119 Å².